The molecule has 3 atom stereocenters. The van der Waals surface area contributed by atoms with Crippen LogP contribution in [0, 0.1) is 11.8 Å². The number of aromatic nitrogens is 4. The SMILES string of the molecule is O=C(Nc1nnc(CCSCCc2nnc(NC(O)C3CCOC3)s2)s1)C1CCOC1. The van der Waals surface area contributed by atoms with Crippen molar-refractivity contribution in [3.63, 3.8) is 0 Å². The molecule has 10 nitrogen and oxygen atoms in total. The molecule has 2 aliphatic heterocycles. The van der Waals surface area contributed by atoms with Gasteiger partial charge in [-0.3, -0.25) is 4.79 Å². The maximum Gasteiger partial charge on any atom is 0.231 e. The van der Waals surface area contributed by atoms with Gasteiger partial charge < -0.3 is 25.2 Å². The number of anilines is 2. The van der Waals surface area contributed by atoms with E-state index < -0.39 is 6.23 Å². The molecule has 2 aliphatic rings. The second-order valence-corrected chi connectivity index (χ2v) is 10.7. The van der Waals surface area contributed by atoms with Gasteiger partial charge in [0, 0.05) is 32.0 Å². The minimum absolute atomic E-state index is 0.0374. The van der Waals surface area contributed by atoms with Crippen LogP contribution in [0.4, 0.5) is 10.3 Å². The number of hydrogen-bond donors (Lipinski definition) is 3. The van der Waals surface area contributed by atoms with E-state index in [1.807, 2.05) is 11.8 Å². The van der Waals surface area contributed by atoms with Crippen LogP contribution in [-0.2, 0) is 27.1 Å². The van der Waals surface area contributed by atoms with Crippen LogP contribution in [-0.4, -0.2) is 75.6 Å². The van der Waals surface area contributed by atoms with E-state index in [0.29, 0.717) is 36.7 Å². The fourth-order valence-corrected chi connectivity index (χ4v) is 5.88. The molecule has 1 amide bonds. The predicted octanol–water partition coefficient (Wildman–Crippen LogP) is 1.65. The lowest BCUT2D eigenvalue weighted by Crippen LogP contribution is -2.28. The number of ether oxygens (including phenoxy) is 2. The van der Waals surface area contributed by atoms with E-state index >= 15 is 0 Å². The summed E-state index contributed by atoms with van der Waals surface area (Å²) >= 11 is 4.72. The lowest BCUT2D eigenvalue weighted by molar-refractivity contribution is -0.119. The van der Waals surface area contributed by atoms with E-state index in [-0.39, 0.29) is 17.7 Å². The van der Waals surface area contributed by atoms with E-state index in [0.717, 1.165) is 47.2 Å². The third-order valence-electron chi connectivity index (χ3n) is 5.07. The number of nitrogens with zero attached hydrogens (tertiary/aromatic N) is 4. The van der Waals surface area contributed by atoms with Gasteiger partial charge in [0.05, 0.1) is 19.1 Å². The number of aliphatic hydroxyl groups excluding tert-OH is 1. The molecular formula is C18H26N6O4S3. The van der Waals surface area contributed by atoms with Crippen molar-refractivity contribution in [3.05, 3.63) is 10.0 Å². The zero-order chi connectivity index (χ0) is 21.5. The molecule has 2 aromatic heterocycles. The Balaban J connectivity index is 1.11. The predicted molar refractivity (Wildman–Crippen MR) is 121 cm³/mol. The van der Waals surface area contributed by atoms with Crippen LogP contribution in [0.3, 0.4) is 0 Å². The Hall–Kier alpha value is -1.38. The molecule has 3 unspecified atom stereocenters. The molecule has 0 radical (unpaired) electrons. The Morgan fingerprint density at radius 1 is 1.03 bits per heavy atom. The van der Waals surface area contributed by atoms with Crippen molar-refractivity contribution in [1.29, 1.82) is 0 Å². The first-order valence-corrected chi connectivity index (χ1v) is 13.1. The molecule has 4 heterocycles. The van der Waals surface area contributed by atoms with Gasteiger partial charge in [0.25, 0.3) is 0 Å². The van der Waals surface area contributed by atoms with E-state index in [1.165, 1.54) is 22.7 Å². The number of amides is 1. The van der Waals surface area contributed by atoms with Crippen LogP contribution in [0.1, 0.15) is 22.9 Å². The summed E-state index contributed by atoms with van der Waals surface area (Å²) in [7, 11) is 0. The van der Waals surface area contributed by atoms with Crippen LogP contribution in [0.2, 0.25) is 0 Å². The van der Waals surface area contributed by atoms with Crippen molar-refractivity contribution >= 4 is 50.6 Å². The van der Waals surface area contributed by atoms with Gasteiger partial charge in [0.2, 0.25) is 16.2 Å². The molecule has 0 spiro atoms. The number of rotatable bonds is 11. The molecule has 31 heavy (non-hydrogen) atoms. The second kappa shape index (κ2) is 11.5. The van der Waals surface area contributed by atoms with Crippen molar-refractivity contribution in [2.24, 2.45) is 11.8 Å². The summed E-state index contributed by atoms with van der Waals surface area (Å²) in [6.45, 7) is 2.40. The van der Waals surface area contributed by atoms with Gasteiger partial charge in [-0.2, -0.15) is 11.8 Å². The minimum Gasteiger partial charge on any atom is -0.381 e. The average Bonchev–Trinajstić information content (AvgIpc) is 3.55. The van der Waals surface area contributed by atoms with E-state index in [4.69, 9.17) is 9.47 Å². The molecule has 170 valence electrons. The molecule has 0 bridgehead atoms. The summed E-state index contributed by atoms with van der Waals surface area (Å²) in [4.78, 5) is 12.1. The van der Waals surface area contributed by atoms with Crippen LogP contribution in [0.15, 0.2) is 0 Å². The van der Waals surface area contributed by atoms with Gasteiger partial charge in [0.1, 0.15) is 16.2 Å². The lowest BCUT2D eigenvalue weighted by Gasteiger charge is -2.16. The lowest BCUT2D eigenvalue weighted by atomic mass is 10.1. The Morgan fingerprint density at radius 2 is 1.71 bits per heavy atom. The van der Waals surface area contributed by atoms with E-state index in [2.05, 4.69) is 31.0 Å². The molecule has 2 aromatic rings. The van der Waals surface area contributed by atoms with Crippen molar-refractivity contribution in [2.45, 2.75) is 31.9 Å². The highest BCUT2D eigenvalue weighted by atomic mass is 32.2. The summed E-state index contributed by atoms with van der Waals surface area (Å²) in [5.41, 5.74) is 0. The maximum absolute atomic E-state index is 12.1. The van der Waals surface area contributed by atoms with Crippen LogP contribution in [0.25, 0.3) is 0 Å². The van der Waals surface area contributed by atoms with Gasteiger partial charge in [-0.05, 0) is 24.3 Å². The third kappa shape index (κ3) is 6.80. The topological polar surface area (TPSA) is 131 Å². The first-order valence-electron chi connectivity index (χ1n) is 10.3. The van der Waals surface area contributed by atoms with E-state index in [1.54, 1.807) is 0 Å². The number of carbonyl (C=O) groups excluding carboxylic acids is 1. The number of aliphatic hydroxyl groups is 1. The van der Waals surface area contributed by atoms with Crippen molar-refractivity contribution in [3.8, 4) is 0 Å². The van der Waals surface area contributed by atoms with Crippen molar-refractivity contribution in [2.75, 3.05) is 48.6 Å². The molecular weight excluding hydrogens is 460 g/mol. The van der Waals surface area contributed by atoms with Gasteiger partial charge >= 0.3 is 0 Å². The molecule has 0 aromatic carbocycles. The Kier molecular flexibility index (Phi) is 8.44. The zero-order valence-corrected chi connectivity index (χ0v) is 19.4. The second-order valence-electron chi connectivity index (χ2n) is 7.38. The fourth-order valence-electron chi connectivity index (χ4n) is 3.23. The monoisotopic (exact) mass is 486 g/mol. The number of carbonyl (C=O) groups is 1. The quantitative estimate of drug-likeness (QED) is 0.318. The summed E-state index contributed by atoms with van der Waals surface area (Å²) in [6, 6.07) is 0. The Bertz CT molecular complexity index is 838. The fraction of sp³-hybridized carbons (Fsp3) is 0.722. The number of hydrogen-bond acceptors (Lipinski definition) is 12. The number of nitrogens with one attached hydrogen (secondary N) is 2. The van der Waals surface area contributed by atoms with Gasteiger partial charge in [-0.1, -0.05) is 22.7 Å². The molecule has 0 saturated carbocycles. The summed E-state index contributed by atoms with van der Waals surface area (Å²) in [6.07, 6.45) is 2.60. The average molecular weight is 487 g/mol. The zero-order valence-electron chi connectivity index (χ0n) is 17.0. The molecule has 3 N–H and O–H groups in total. The van der Waals surface area contributed by atoms with Gasteiger partial charge in [0.15, 0.2) is 0 Å². The van der Waals surface area contributed by atoms with E-state index in [9.17, 15) is 9.90 Å². The largest absolute Gasteiger partial charge is 0.381 e. The highest BCUT2D eigenvalue weighted by Crippen LogP contribution is 2.23. The maximum atomic E-state index is 12.1. The molecule has 4 rings (SSSR count). The normalized spacial score (nSPS) is 22.0. The molecule has 2 saturated heterocycles. The first-order chi connectivity index (χ1) is 15.2. The first kappa shape index (κ1) is 22.8. The Labute approximate surface area is 192 Å². The third-order valence-corrected chi connectivity index (χ3v) is 7.87. The van der Waals surface area contributed by atoms with Crippen molar-refractivity contribution < 1.29 is 19.4 Å². The summed E-state index contributed by atoms with van der Waals surface area (Å²) < 4.78 is 10.5. The Morgan fingerprint density at radius 3 is 2.39 bits per heavy atom. The molecule has 2 fully saturated rings. The smallest absolute Gasteiger partial charge is 0.231 e. The highest BCUT2D eigenvalue weighted by molar-refractivity contribution is 7.99. The molecule has 0 aliphatic carbocycles. The van der Waals surface area contributed by atoms with Gasteiger partial charge in [-0.15, -0.1) is 20.4 Å². The minimum atomic E-state index is -0.647. The number of aryl methyl sites for hydroxylation is 2. The summed E-state index contributed by atoms with van der Waals surface area (Å²) in [5.74, 6) is 1.83. The standard InChI is InChI=1S/C18H26N6O4S3/c25-15(11-1-5-27-9-11)19-17-23-21-13(30-17)3-7-29-8-4-14-22-24-18(31-14)20-16(26)12-2-6-28-10-12/h11-12,15,25H,1-10H2,(H,19,23)(H,20,24,26). The summed E-state index contributed by atoms with van der Waals surface area (Å²) in [5, 5.41) is 35.6. The number of thioether (sulfide) groups is 1. The molecule has 13 heteroatoms. The van der Waals surface area contributed by atoms with Gasteiger partial charge in [-0.25, -0.2) is 0 Å². The van der Waals surface area contributed by atoms with Crippen LogP contribution >= 0.6 is 34.4 Å². The van der Waals surface area contributed by atoms with Crippen molar-refractivity contribution in [1.82, 2.24) is 20.4 Å². The van der Waals surface area contributed by atoms with Crippen LogP contribution in [0.5, 0.6) is 0 Å². The highest BCUT2D eigenvalue weighted by Gasteiger charge is 2.25. The van der Waals surface area contributed by atoms with Crippen LogP contribution < -0.4 is 10.6 Å².